The lowest BCUT2D eigenvalue weighted by atomic mass is 9.83. The highest BCUT2D eigenvalue weighted by molar-refractivity contribution is 7.87. The summed E-state index contributed by atoms with van der Waals surface area (Å²) in [6.07, 6.45) is 3.12. The molecule has 0 aromatic rings. The summed E-state index contributed by atoms with van der Waals surface area (Å²) in [7, 11) is -3.76. The van der Waals surface area contributed by atoms with E-state index < -0.39 is 21.7 Å². The van der Waals surface area contributed by atoms with Gasteiger partial charge in [-0.1, -0.05) is 19.3 Å². The van der Waals surface area contributed by atoms with Crippen LogP contribution in [-0.2, 0) is 15.0 Å². The van der Waals surface area contributed by atoms with E-state index in [9.17, 15) is 18.3 Å². The van der Waals surface area contributed by atoms with E-state index in [2.05, 4.69) is 9.44 Å². The minimum atomic E-state index is -3.76. The SMILES string of the molecule is CC(C)NS(=O)(=O)NC1(C(=O)O)CCCCC1. The highest BCUT2D eigenvalue weighted by Crippen LogP contribution is 2.29. The minimum absolute atomic E-state index is 0.262. The van der Waals surface area contributed by atoms with Gasteiger partial charge in [-0.2, -0.15) is 17.9 Å². The number of hydrogen-bond acceptors (Lipinski definition) is 3. The molecule has 1 rings (SSSR count). The highest BCUT2D eigenvalue weighted by atomic mass is 32.2. The van der Waals surface area contributed by atoms with E-state index in [4.69, 9.17) is 0 Å². The Labute approximate surface area is 102 Å². The minimum Gasteiger partial charge on any atom is -0.480 e. The molecule has 1 saturated carbocycles. The van der Waals surface area contributed by atoms with Crippen LogP contribution < -0.4 is 9.44 Å². The maximum Gasteiger partial charge on any atom is 0.324 e. The summed E-state index contributed by atoms with van der Waals surface area (Å²) in [5.74, 6) is -1.09. The Bertz CT molecular complexity index is 372. The molecule has 1 aliphatic carbocycles. The first-order chi connectivity index (χ1) is 7.77. The number of carbonyl (C=O) groups is 1. The van der Waals surface area contributed by atoms with Crippen molar-refractivity contribution >= 4 is 16.2 Å². The first-order valence-corrected chi connectivity index (χ1v) is 7.30. The van der Waals surface area contributed by atoms with Crippen LogP contribution >= 0.6 is 0 Å². The molecule has 0 spiro atoms. The number of rotatable bonds is 5. The zero-order valence-electron chi connectivity index (χ0n) is 10.2. The van der Waals surface area contributed by atoms with Gasteiger partial charge in [-0.05, 0) is 26.7 Å². The van der Waals surface area contributed by atoms with Gasteiger partial charge in [0.25, 0.3) is 10.2 Å². The largest absolute Gasteiger partial charge is 0.480 e. The fourth-order valence-corrected chi connectivity index (χ4v) is 3.60. The van der Waals surface area contributed by atoms with Crippen molar-refractivity contribution in [1.82, 2.24) is 9.44 Å². The molecule has 0 amide bonds. The van der Waals surface area contributed by atoms with Crippen molar-refractivity contribution in [1.29, 1.82) is 0 Å². The van der Waals surface area contributed by atoms with Gasteiger partial charge in [0.2, 0.25) is 0 Å². The average molecular weight is 264 g/mol. The standard InChI is InChI=1S/C10H20N2O4S/c1-8(2)11-17(15,16)12-10(9(13)14)6-4-3-5-7-10/h8,11-12H,3-7H2,1-2H3,(H,13,14). The lowest BCUT2D eigenvalue weighted by molar-refractivity contribution is -0.145. The van der Waals surface area contributed by atoms with E-state index >= 15 is 0 Å². The normalized spacial score (nSPS) is 20.4. The summed E-state index contributed by atoms with van der Waals surface area (Å²) in [6, 6.07) is -0.262. The molecule has 17 heavy (non-hydrogen) atoms. The topological polar surface area (TPSA) is 95.5 Å². The van der Waals surface area contributed by atoms with Crippen molar-refractivity contribution < 1.29 is 18.3 Å². The lowest BCUT2D eigenvalue weighted by Gasteiger charge is -2.33. The van der Waals surface area contributed by atoms with Gasteiger partial charge in [0.1, 0.15) is 5.54 Å². The third-order valence-corrected chi connectivity index (χ3v) is 4.28. The van der Waals surface area contributed by atoms with Crippen LogP contribution in [0.4, 0.5) is 0 Å². The summed E-state index contributed by atoms with van der Waals surface area (Å²) in [5, 5.41) is 9.23. The molecule has 6 nitrogen and oxygen atoms in total. The van der Waals surface area contributed by atoms with Gasteiger partial charge in [0.15, 0.2) is 0 Å². The number of hydrogen-bond donors (Lipinski definition) is 3. The van der Waals surface area contributed by atoms with Crippen LogP contribution in [0.25, 0.3) is 0 Å². The number of carboxylic acids is 1. The molecule has 0 heterocycles. The van der Waals surface area contributed by atoms with E-state index in [-0.39, 0.29) is 6.04 Å². The maximum absolute atomic E-state index is 11.7. The van der Waals surface area contributed by atoms with Gasteiger partial charge in [0, 0.05) is 6.04 Å². The summed E-state index contributed by atoms with van der Waals surface area (Å²) in [5.41, 5.74) is -1.33. The Balaban J connectivity index is 2.83. The van der Waals surface area contributed by atoms with Crippen LogP contribution in [0.1, 0.15) is 46.0 Å². The van der Waals surface area contributed by atoms with Crippen LogP contribution in [0.15, 0.2) is 0 Å². The van der Waals surface area contributed by atoms with Gasteiger partial charge in [0.05, 0.1) is 0 Å². The molecule has 0 unspecified atom stereocenters. The molecule has 0 aromatic heterocycles. The van der Waals surface area contributed by atoms with Gasteiger partial charge < -0.3 is 5.11 Å². The smallest absolute Gasteiger partial charge is 0.324 e. The summed E-state index contributed by atoms with van der Waals surface area (Å²) < 4.78 is 28.1. The fourth-order valence-electron chi connectivity index (χ4n) is 2.11. The van der Waals surface area contributed by atoms with E-state index in [1.165, 1.54) is 0 Å². The lowest BCUT2D eigenvalue weighted by Crippen LogP contribution is -2.58. The van der Waals surface area contributed by atoms with Crippen molar-refractivity contribution in [3.8, 4) is 0 Å². The zero-order valence-corrected chi connectivity index (χ0v) is 11.0. The van der Waals surface area contributed by atoms with Gasteiger partial charge in [-0.25, -0.2) is 0 Å². The Morgan fingerprint density at radius 3 is 2.18 bits per heavy atom. The van der Waals surface area contributed by atoms with Crippen LogP contribution in [0, 0.1) is 0 Å². The molecule has 1 fully saturated rings. The second-order valence-corrected chi connectivity index (χ2v) is 6.27. The molecular formula is C10H20N2O4S. The van der Waals surface area contributed by atoms with E-state index in [0.29, 0.717) is 12.8 Å². The van der Waals surface area contributed by atoms with E-state index in [0.717, 1.165) is 19.3 Å². The summed E-state index contributed by atoms with van der Waals surface area (Å²) >= 11 is 0. The van der Waals surface area contributed by atoms with Crippen molar-refractivity contribution in [2.45, 2.75) is 57.5 Å². The third-order valence-electron chi connectivity index (χ3n) is 2.84. The predicted molar refractivity (Wildman–Crippen MR) is 63.8 cm³/mol. The van der Waals surface area contributed by atoms with E-state index in [1.807, 2.05) is 0 Å². The predicted octanol–water partition coefficient (Wildman–Crippen LogP) is 0.606. The first-order valence-electron chi connectivity index (χ1n) is 5.82. The summed E-state index contributed by atoms with van der Waals surface area (Å²) in [6.45, 7) is 3.38. The van der Waals surface area contributed by atoms with Crippen LogP contribution in [-0.4, -0.2) is 31.1 Å². The Hall–Kier alpha value is -0.660. The number of nitrogens with one attached hydrogen (secondary N) is 2. The molecule has 0 saturated heterocycles. The maximum atomic E-state index is 11.7. The molecule has 0 bridgehead atoms. The van der Waals surface area contributed by atoms with E-state index in [1.54, 1.807) is 13.8 Å². The molecular weight excluding hydrogens is 244 g/mol. The molecule has 0 radical (unpaired) electrons. The first kappa shape index (κ1) is 14.4. The molecule has 0 atom stereocenters. The second-order valence-electron chi connectivity index (χ2n) is 4.83. The van der Waals surface area contributed by atoms with Crippen molar-refractivity contribution in [2.75, 3.05) is 0 Å². The highest BCUT2D eigenvalue weighted by Gasteiger charge is 2.42. The molecule has 100 valence electrons. The molecule has 1 aliphatic rings. The molecule has 3 N–H and O–H groups in total. The van der Waals surface area contributed by atoms with Crippen LogP contribution in [0.3, 0.4) is 0 Å². The third kappa shape index (κ3) is 3.93. The van der Waals surface area contributed by atoms with Gasteiger partial charge in [-0.15, -0.1) is 0 Å². The van der Waals surface area contributed by atoms with Gasteiger partial charge in [-0.3, -0.25) is 4.79 Å². The van der Waals surface area contributed by atoms with Crippen LogP contribution in [0.2, 0.25) is 0 Å². The Morgan fingerprint density at radius 2 is 1.76 bits per heavy atom. The fraction of sp³-hybridized carbons (Fsp3) is 0.900. The van der Waals surface area contributed by atoms with Crippen molar-refractivity contribution in [2.24, 2.45) is 0 Å². The van der Waals surface area contributed by atoms with Crippen molar-refractivity contribution in [3.05, 3.63) is 0 Å². The number of aliphatic carboxylic acids is 1. The average Bonchev–Trinajstić information content (AvgIpc) is 2.15. The molecule has 0 aliphatic heterocycles. The van der Waals surface area contributed by atoms with Crippen LogP contribution in [0.5, 0.6) is 0 Å². The summed E-state index contributed by atoms with van der Waals surface area (Å²) in [4.78, 5) is 11.3. The monoisotopic (exact) mass is 264 g/mol. The quantitative estimate of drug-likeness (QED) is 0.678. The Kier molecular flexibility index (Phi) is 4.51. The van der Waals surface area contributed by atoms with Crippen molar-refractivity contribution in [3.63, 3.8) is 0 Å². The molecule has 7 heteroatoms. The number of carboxylic acid groups (broad SMARTS) is 1. The Morgan fingerprint density at radius 1 is 1.24 bits per heavy atom. The zero-order chi connectivity index (χ0) is 13.1. The van der Waals surface area contributed by atoms with Gasteiger partial charge >= 0.3 is 5.97 Å². The molecule has 0 aromatic carbocycles. The second kappa shape index (κ2) is 5.32.